The molecule has 1 atom stereocenters. The third-order valence-electron chi connectivity index (χ3n) is 6.91. The Morgan fingerprint density at radius 3 is 2.33 bits per heavy atom. The van der Waals surface area contributed by atoms with Crippen molar-refractivity contribution < 1.29 is 14.3 Å². The molecule has 2 aliphatic rings. The van der Waals surface area contributed by atoms with Crippen LogP contribution < -0.4 is 4.74 Å². The molecule has 4 rings (SSSR count). The van der Waals surface area contributed by atoms with Gasteiger partial charge in [0.05, 0.1) is 11.6 Å². The Morgan fingerprint density at radius 2 is 1.64 bits per heavy atom. The summed E-state index contributed by atoms with van der Waals surface area (Å²) in [6, 6.07) is 15.9. The maximum Gasteiger partial charge on any atom is 0.257 e. The number of carbonyl (C=O) groups is 2. The lowest BCUT2D eigenvalue weighted by Gasteiger charge is -2.35. The molecule has 0 spiro atoms. The van der Waals surface area contributed by atoms with Gasteiger partial charge in [-0.05, 0) is 61.3 Å². The minimum atomic E-state index is -0.0125. The highest BCUT2D eigenvalue weighted by molar-refractivity contribution is 5.96. The van der Waals surface area contributed by atoms with Crippen molar-refractivity contribution in [2.45, 2.75) is 52.0 Å². The zero-order valence-electron chi connectivity index (χ0n) is 20.1. The smallest absolute Gasteiger partial charge is 0.257 e. The van der Waals surface area contributed by atoms with Crippen molar-refractivity contribution in [3.05, 3.63) is 65.2 Å². The second-order valence-electron chi connectivity index (χ2n) is 9.93. The Labute approximate surface area is 197 Å². The molecule has 5 heteroatoms. The van der Waals surface area contributed by atoms with E-state index in [0.29, 0.717) is 36.9 Å². The number of hydrogen-bond donors (Lipinski definition) is 0. The highest BCUT2D eigenvalue weighted by Crippen LogP contribution is 2.30. The Morgan fingerprint density at radius 1 is 1.00 bits per heavy atom. The molecule has 0 bridgehead atoms. The van der Waals surface area contributed by atoms with E-state index in [-0.39, 0.29) is 23.8 Å². The average molecular weight is 449 g/mol. The molecule has 0 radical (unpaired) electrons. The van der Waals surface area contributed by atoms with Crippen LogP contribution in [0, 0.1) is 11.8 Å². The standard InChI is InChI=1S/C28H36N2O3/c1-20(2)16-24-19-33-26-13-7-6-12-25(26)28(32)29(3)14-8-9-15-30(24)27(31)23-17-21-10-4-5-11-22(21)18-23/h4-7,10-13,20,23-24H,8-9,14-19H2,1-3H3/t24-/m0/s1. The van der Waals surface area contributed by atoms with E-state index in [0.717, 1.165) is 32.1 Å². The molecule has 0 unspecified atom stereocenters. The molecule has 0 aromatic heterocycles. The van der Waals surface area contributed by atoms with Crippen LogP contribution in [0.2, 0.25) is 0 Å². The summed E-state index contributed by atoms with van der Waals surface area (Å²) >= 11 is 0. The molecular formula is C28H36N2O3. The lowest BCUT2D eigenvalue weighted by Crippen LogP contribution is -2.48. The Hall–Kier alpha value is -2.82. The van der Waals surface area contributed by atoms with Gasteiger partial charge in [-0.15, -0.1) is 0 Å². The number of para-hydroxylation sites is 1. The van der Waals surface area contributed by atoms with Crippen LogP contribution in [-0.2, 0) is 17.6 Å². The number of hydrogen-bond acceptors (Lipinski definition) is 3. The van der Waals surface area contributed by atoms with Crippen molar-refractivity contribution in [2.75, 3.05) is 26.7 Å². The fourth-order valence-corrected chi connectivity index (χ4v) is 5.16. The van der Waals surface area contributed by atoms with E-state index in [9.17, 15) is 9.59 Å². The first-order chi connectivity index (χ1) is 15.9. The summed E-state index contributed by atoms with van der Waals surface area (Å²) in [4.78, 5) is 30.7. The highest BCUT2D eigenvalue weighted by atomic mass is 16.5. The van der Waals surface area contributed by atoms with Crippen LogP contribution in [0.25, 0.3) is 0 Å². The molecule has 176 valence electrons. The van der Waals surface area contributed by atoms with E-state index in [1.54, 1.807) is 4.90 Å². The van der Waals surface area contributed by atoms with Crippen LogP contribution in [0.1, 0.15) is 54.6 Å². The van der Waals surface area contributed by atoms with Gasteiger partial charge in [-0.3, -0.25) is 9.59 Å². The predicted octanol–water partition coefficient (Wildman–Crippen LogP) is 4.59. The van der Waals surface area contributed by atoms with Crippen LogP contribution in [0.4, 0.5) is 0 Å². The fourth-order valence-electron chi connectivity index (χ4n) is 5.16. The normalized spacial score (nSPS) is 20.0. The van der Waals surface area contributed by atoms with Crippen molar-refractivity contribution >= 4 is 11.8 Å². The molecule has 2 aromatic carbocycles. The monoisotopic (exact) mass is 448 g/mol. The Bertz CT molecular complexity index is 962. The van der Waals surface area contributed by atoms with Crippen LogP contribution in [0.5, 0.6) is 5.75 Å². The van der Waals surface area contributed by atoms with Crippen molar-refractivity contribution in [1.82, 2.24) is 9.80 Å². The van der Waals surface area contributed by atoms with Gasteiger partial charge >= 0.3 is 0 Å². The molecule has 0 fully saturated rings. The summed E-state index contributed by atoms with van der Waals surface area (Å²) in [5, 5.41) is 0. The summed E-state index contributed by atoms with van der Waals surface area (Å²) in [5.41, 5.74) is 3.19. The number of fused-ring (bicyclic) bond motifs is 2. The molecule has 33 heavy (non-hydrogen) atoms. The minimum absolute atomic E-state index is 0.00139. The zero-order chi connectivity index (χ0) is 23.4. The molecule has 0 saturated heterocycles. The van der Waals surface area contributed by atoms with E-state index in [2.05, 4.69) is 43.0 Å². The highest BCUT2D eigenvalue weighted by Gasteiger charge is 2.34. The van der Waals surface area contributed by atoms with Gasteiger partial charge in [-0.1, -0.05) is 50.2 Å². The number of ether oxygens (including phenoxy) is 1. The van der Waals surface area contributed by atoms with Gasteiger partial charge in [0.15, 0.2) is 0 Å². The SMILES string of the molecule is CC(C)C[C@H]1COc2ccccc2C(=O)N(C)CCCCN1C(=O)C1Cc2ccccc2C1. The van der Waals surface area contributed by atoms with Gasteiger partial charge in [0, 0.05) is 26.1 Å². The lowest BCUT2D eigenvalue weighted by atomic mass is 9.98. The maximum absolute atomic E-state index is 13.8. The molecule has 0 saturated carbocycles. The van der Waals surface area contributed by atoms with Crippen molar-refractivity contribution in [2.24, 2.45) is 11.8 Å². The van der Waals surface area contributed by atoms with E-state index in [1.807, 2.05) is 31.3 Å². The summed E-state index contributed by atoms with van der Waals surface area (Å²) in [5.74, 6) is 1.27. The van der Waals surface area contributed by atoms with Gasteiger partial charge in [0.1, 0.15) is 12.4 Å². The predicted molar refractivity (Wildman–Crippen MR) is 130 cm³/mol. The molecule has 0 N–H and O–H groups in total. The molecule has 2 aromatic rings. The lowest BCUT2D eigenvalue weighted by molar-refractivity contribution is -0.139. The molecule has 1 aliphatic heterocycles. The minimum Gasteiger partial charge on any atom is -0.491 e. The maximum atomic E-state index is 13.8. The molecule has 2 amide bonds. The van der Waals surface area contributed by atoms with E-state index in [1.165, 1.54) is 11.1 Å². The molecule has 1 aliphatic carbocycles. The number of carbonyl (C=O) groups excluding carboxylic acids is 2. The largest absolute Gasteiger partial charge is 0.491 e. The molecule has 5 nitrogen and oxygen atoms in total. The summed E-state index contributed by atoms with van der Waals surface area (Å²) in [6.07, 6.45) is 4.26. The number of nitrogens with zero attached hydrogens (tertiary/aromatic N) is 2. The Kier molecular flexibility index (Phi) is 7.36. The first-order valence-corrected chi connectivity index (χ1v) is 12.3. The van der Waals surface area contributed by atoms with E-state index >= 15 is 0 Å². The van der Waals surface area contributed by atoms with E-state index in [4.69, 9.17) is 4.74 Å². The van der Waals surface area contributed by atoms with Crippen molar-refractivity contribution in [1.29, 1.82) is 0 Å². The van der Waals surface area contributed by atoms with Crippen LogP contribution >= 0.6 is 0 Å². The van der Waals surface area contributed by atoms with Crippen molar-refractivity contribution in [3.63, 3.8) is 0 Å². The van der Waals surface area contributed by atoms with Crippen molar-refractivity contribution in [3.8, 4) is 5.75 Å². The van der Waals surface area contributed by atoms with Crippen LogP contribution in [0.15, 0.2) is 48.5 Å². The quantitative estimate of drug-likeness (QED) is 0.690. The molecular weight excluding hydrogens is 412 g/mol. The van der Waals surface area contributed by atoms with E-state index < -0.39 is 0 Å². The summed E-state index contributed by atoms with van der Waals surface area (Å²) < 4.78 is 6.26. The van der Waals surface area contributed by atoms with Gasteiger partial charge in [-0.25, -0.2) is 0 Å². The average Bonchev–Trinajstić information content (AvgIpc) is 3.25. The van der Waals surface area contributed by atoms with Gasteiger partial charge in [0.2, 0.25) is 5.91 Å². The fraction of sp³-hybridized carbons (Fsp3) is 0.500. The Balaban J connectivity index is 1.59. The molecule has 1 heterocycles. The van der Waals surface area contributed by atoms with Gasteiger partial charge in [0.25, 0.3) is 5.91 Å². The number of amides is 2. The number of benzene rings is 2. The van der Waals surface area contributed by atoms with Crippen LogP contribution in [0.3, 0.4) is 0 Å². The second-order valence-corrected chi connectivity index (χ2v) is 9.93. The first kappa shape index (κ1) is 23.3. The van der Waals surface area contributed by atoms with Crippen LogP contribution in [-0.4, -0.2) is 54.4 Å². The summed E-state index contributed by atoms with van der Waals surface area (Å²) in [7, 11) is 1.84. The number of rotatable bonds is 3. The second kappa shape index (κ2) is 10.4. The topological polar surface area (TPSA) is 49.9 Å². The zero-order valence-corrected chi connectivity index (χ0v) is 20.1. The van der Waals surface area contributed by atoms with Gasteiger partial charge < -0.3 is 14.5 Å². The van der Waals surface area contributed by atoms with Gasteiger partial charge in [-0.2, -0.15) is 0 Å². The summed E-state index contributed by atoms with van der Waals surface area (Å²) in [6.45, 7) is 6.15. The third-order valence-corrected chi connectivity index (χ3v) is 6.91. The first-order valence-electron chi connectivity index (χ1n) is 12.3. The third kappa shape index (κ3) is 5.40.